The third-order valence-corrected chi connectivity index (χ3v) is 1.65. The largest absolute Gasteiger partial charge is 0.545 e. The van der Waals surface area contributed by atoms with Crippen LogP contribution in [0, 0.1) is 0 Å². The zero-order chi connectivity index (χ0) is 8.55. The van der Waals surface area contributed by atoms with Crippen LogP contribution >= 0.6 is 0 Å². The second kappa shape index (κ2) is 2.34. The Hall–Kier alpha value is -1.84. The van der Waals surface area contributed by atoms with E-state index in [9.17, 15) is 9.90 Å². The number of aromatic carboxylic acids is 1. The molecule has 0 aliphatic carbocycles. The van der Waals surface area contributed by atoms with Crippen molar-refractivity contribution in [2.45, 2.75) is 0 Å². The molecular formula is C8H5N2O2-. The highest BCUT2D eigenvalue weighted by Gasteiger charge is 2.03. The summed E-state index contributed by atoms with van der Waals surface area (Å²) in [6, 6.07) is 3.49. The number of aromatic amines is 1. The van der Waals surface area contributed by atoms with Gasteiger partial charge in [0.1, 0.15) is 0 Å². The molecule has 2 aromatic heterocycles. The third-order valence-electron chi connectivity index (χ3n) is 1.65. The number of nitrogens with zero attached hydrogens (tertiary/aromatic N) is 1. The minimum Gasteiger partial charge on any atom is -0.545 e. The van der Waals surface area contributed by atoms with Crippen LogP contribution < -0.4 is 5.11 Å². The highest BCUT2D eigenvalue weighted by molar-refractivity contribution is 5.99. The zero-order valence-corrected chi connectivity index (χ0v) is 6.07. The summed E-state index contributed by atoms with van der Waals surface area (Å²) in [6.45, 7) is 0. The smallest absolute Gasteiger partial charge is 0.0969 e. The SMILES string of the molecule is O=C([O-])c1c[nH]c2cccnc12. The molecule has 2 rings (SSSR count). The molecule has 0 radical (unpaired) electrons. The van der Waals surface area contributed by atoms with Crippen molar-refractivity contribution in [3.63, 3.8) is 0 Å². The van der Waals surface area contributed by atoms with E-state index in [0.29, 0.717) is 11.0 Å². The Balaban J connectivity index is 2.79. The van der Waals surface area contributed by atoms with E-state index in [2.05, 4.69) is 9.97 Å². The summed E-state index contributed by atoms with van der Waals surface area (Å²) < 4.78 is 0. The average molecular weight is 161 g/mol. The molecule has 0 fully saturated rings. The fourth-order valence-electron chi connectivity index (χ4n) is 1.11. The van der Waals surface area contributed by atoms with E-state index in [4.69, 9.17) is 0 Å². The van der Waals surface area contributed by atoms with Gasteiger partial charge in [0, 0.05) is 18.0 Å². The molecule has 0 saturated heterocycles. The number of nitrogens with one attached hydrogen (secondary N) is 1. The van der Waals surface area contributed by atoms with Crippen molar-refractivity contribution in [1.29, 1.82) is 0 Å². The topological polar surface area (TPSA) is 68.8 Å². The number of hydrogen-bond acceptors (Lipinski definition) is 3. The van der Waals surface area contributed by atoms with E-state index >= 15 is 0 Å². The van der Waals surface area contributed by atoms with E-state index in [1.165, 1.54) is 6.20 Å². The van der Waals surface area contributed by atoms with Crippen molar-refractivity contribution in [2.75, 3.05) is 0 Å². The molecule has 0 aliphatic rings. The van der Waals surface area contributed by atoms with E-state index in [-0.39, 0.29) is 5.56 Å². The molecule has 12 heavy (non-hydrogen) atoms. The van der Waals surface area contributed by atoms with Gasteiger partial charge in [-0.2, -0.15) is 0 Å². The summed E-state index contributed by atoms with van der Waals surface area (Å²) in [6.07, 6.45) is 2.93. The Labute approximate surface area is 67.9 Å². The maximum Gasteiger partial charge on any atom is 0.0969 e. The normalized spacial score (nSPS) is 10.3. The number of hydrogen-bond donors (Lipinski definition) is 1. The van der Waals surface area contributed by atoms with Gasteiger partial charge in [-0.15, -0.1) is 0 Å². The van der Waals surface area contributed by atoms with Gasteiger partial charge >= 0.3 is 0 Å². The van der Waals surface area contributed by atoms with Gasteiger partial charge in [0.15, 0.2) is 0 Å². The fourth-order valence-corrected chi connectivity index (χ4v) is 1.11. The molecule has 1 N–H and O–H groups in total. The van der Waals surface area contributed by atoms with Crippen LogP contribution in [0.5, 0.6) is 0 Å². The summed E-state index contributed by atoms with van der Waals surface area (Å²) in [5, 5.41) is 10.5. The standard InChI is InChI=1S/C8H6N2O2/c11-8(12)5-4-10-6-2-1-3-9-7(5)6/h1-4,10H,(H,11,12)/p-1. The van der Waals surface area contributed by atoms with Gasteiger partial charge in [0.25, 0.3) is 0 Å². The van der Waals surface area contributed by atoms with Crippen LogP contribution in [-0.2, 0) is 0 Å². The number of rotatable bonds is 1. The molecule has 4 nitrogen and oxygen atoms in total. The van der Waals surface area contributed by atoms with Crippen LogP contribution in [0.25, 0.3) is 11.0 Å². The van der Waals surface area contributed by atoms with E-state index in [1.807, 2.05) is 0 Å². The second-order valence-electron chi connectivity index (χ2n) is 2.39. The van der Waals surface area contributed by atoms with Crippen LogP contribution in [0.4, 0.5) is 0 Å². The summed E-state index contributed by atoms with van der Waals surface area (Å²) in [7, 11) is 0. The number of carbonyl (C=O) groups is 1. The van der Waals surface area contributed by atoms with Gasteiger partial charge in [-0.05, 0) is 12.1 Å². The van der Waals surface area contributed by atoms with Gasteiger partial charge in [-0.1, -0.05) is 0 Å². The van der Waals surface area contributed by atoms with E-state index in [1.54, 1.807) is 18.3 Å². The lowest BCUT2D eigenvalue weighted by molar-refractivity contribution is -0.254. The van der Waals surface area contributed by atoms with Crippen LogP contribution in [0.3, 0.4) is 0 Å². The molecule has 2 aromatic rings. The first-order valence-corrected chi connectivity index (χ1v) is 3.42. The molecule has 0 bridgehead atoms. The Bertz CT molecular complexity index is 433. The first kappa shape index (κ1) is 6.84. The number of fused-ring (bicyclic) bond motifs is 1. The molecule has 4 heteroatoms. The van der Waals surface area contributed by atoms with Crippen LogP contribution in [0.2, 0.25) is 0 Å². The number of aromatic nitrogens is 2. The first-order chi connectivity index (χ1) is 5.79. The molecular weight excluding hydrogens is 156 g/mol. The Morgan fingerprint density at radius 3 is 3.17 bits per heavy atom. The van der Waals surface area contributed by atoms with Gasteiger partial charge in [-0.3, -0.25) is 4.98 Å². The lowest BCUT2D eigenvalue weighted by Crippen LogP contribution is -2.21. The molecule has 0 atom stereocenters. The maximum atomic E-state index is 10.5. The van der Waals surface area contributed by atoms with Crippen molar-refractivity contribution >= 4 is 17.0 Å². The van der Waals surface area contributed by atoms with Crippen molar-refractivity contribution < 1.29 is 9.90 Å². The minimum absolute atomic E-state index is 0.102. The molecule has 0 aromatic carbocycles. The molecule has 60 valence electrons. The van der Waals surface area contributed by atoms with Gasteiger partial charge in [0.05, 0.1) is 17.0 Å². The predicted molar refractivity (Wildman–Crippen MR) is 40.4 cm³/mol. The minimum atomic E-state index is -1.21. The highest BCUT2D eigenvalue weighted by atomic mass is 16.4. The van der Waals surface area contributed by atoms with Crippen molar-refractivity contribution in [3.8, 4) is 0 Å². The number of carbonyl (C=O) groups excluding carboxylic acids is 1. The zero-order valence-electron chi connectivity index (χ0n) is 6.07. The van der Waals surface area contributed by atoms with Crippen LogP contribution in [0.1, 0.15) is 10.4 Å². The van der Waals surface area contributed by atoms with Crippen molar-refractivity contribution in [3.05, 3.63) is 30.1 Å². The van der Waals surface area contributed by atoms with Gasteiger partial charge < -0.3 is 14.9 Å². The Kier molecular flexibility index (Phi) is 1.33. The van der Waals surface area contributed by atoms with E-state index < -0.39 is 5.97 Å². The fraction of sp³-hybridized carbons (Fsp3) is 0. The van der Waals surface area contributed by atoms with Gasteiger partial charge in [-0.25, -0.2) is 0 Å². The lowest BCUT2D eigenvalue weighted by Gasteiger charge is -1.96. The highest BCUT2D eigenvalue weighted by Crippen LogP contribution is 2.13. The molecule has 0 amide bonds. The van der Waals surface area contributed by atoms with Crippen LogP contribution in [-0.4, -0.2) is 15.9 Å². The Morgan fingerprint density at radius 2 is 2.42 bits per heavy atom. The predicted octanol–water partition coefficient (Wildman–Crippen LogP) is -0.0736. The summed E-state index contributed by atoms with van der Waals surface area (Å²) >= 11 is 0. The summed E-state index contributed by atoms with van der Waals surface area (Å²) in [4.78, 5) is 17.2. The van der Waals surface area contributed by atoms with Gasteiger partial charge in [0.2, 0.25) is 0 Å². The number of carboxylic acids is 1. The number of pyridine rings is 1. The Morgan fingerprint density at radius 1 is 1.58 bits per heavy atom. The van der Waals surface area contributed by atoms with Crippen molar-refractivity contribution in [2.24, 2.45) is 0 Å². The second-order valence-corrected chi connectivity index (χ2v) is 2.39. The molecule has 0 aliphatic heterocycles. The summed E-state index contributed by atoms with van der Waals surface area (Å²) in [5.74, 6) is -1.21. The first-order valence-electron chi connectivity index (χ1n) is 3.42. The van der Waals surface area contributed by atoms with E-state index in [0.717, 1.165) is 0 Å². The average Bonchev–Trinajstić information content (AvgIpc) is 2.47. The number of H-pyrrole nitrogens is 1. The van der Waals surface area contributed by atoms with Crippen molar-refractivity contribution in [1.82, 2.24) is 9.97 Å². The van der Waals surface area contributed by atoms with Crippen LogP contribution in [0.15, 0.2) is 24.5 Å². The molecule has 0 spiro atoms. The monoisotopic (exact) mass is 161 g/mol. The molecule has 0 unspecified atom stereocenters. The third kappa shape index (κ3) is 0.852. The quantitative estimate of drug-likeness (QED) is 0.636. The molecule has 2 heterocycles. The lowest BCUT2D eigenvalue weighted by atomic mass is 10.3. The number of carboxylic acid groups (broad SMARTS) is 1. The molecule has 0 saturated carbocycles. The summed E-state index contributed by atoms with van der Waals surface area (Å²) in [5.41, 5.74) is 1.25. The maximum absolute atomic E-state index is 10.5.